The summed E-state index contributed by atoms with van der Waals surface area (Å²) in [5.41, 5.74) is 5.98. The van der Waals surface area contributed by atoms with Crippen molar-refractivity contribution in [1.29, 1.82) is 0 Å². The molecular weight excluding hydrogens is 1040 g/mol. The Morgan fingerprint density at radius 1 is 0.831 bits per heavy atom. The second-order valence-corrected chi connectivity index (χ2v) is 22.3. The molecule has 25 heteroatoms. The van der Waals surface area contributed by atoms with E-state index >= 15 is 0 Å². The first-order valence-electron chi connectivity index (χ1n) is 20.9. The van der Waals surface area contributed by atoms with Crippen LogP contribution in [0.25, 0.3) is 12.2 Å². The second kappa shape index (κ2) is 26.4. The van der Waals surface area contributed by atoms with Gasteiger partial charge < -0.3 is 44.8 Å². The topological polar surface area (TPSA) is 290 Å². The highest BCUT2D eigenvalue weighted by Gasteiger charge is 2.29. The van der Waals surface area contributed by atoms with Crippen molar-refractivity contribution in [2.24, 2.45) is 5.41 Å². The van der Waals surface area contributed by atoms with E-state index in [9.17, 15) is 43.2 Å². The molecule has 0 spiro atoms. The smallest absolute Gasteiger partial charge is 0.422 e. The van der Waals surface area contributed by atoms with Crippen LogP contribution in [-0.2, 0) is 50.6 Å². The number of carbonyl (C=O) groups is 4. The van der Waals surface area contributed by atoms with Gasteiger partial charge in [0.1, 0.15) is 14.7 Å². The minimum atomic E-state index is -4.81. The molecule has 1 unspecified atom stereocenters. The molecule has 2 aromatic heterocycles. The van der Waals surface area contributed by atoms with Crippen LogP contribution >= 0.6 is 63.6 Å². The number of hydrogen-bond donors (Lipinski definition) is 7. The molecule has 0 saturated carbocycles. The van der Waals surface area contributed by atoms with Gasteiger partial charge in [-0.05, 0) is 89.5 Å². The molecule has 1 atom stereocenters. The number of phosphoric acid groups is 2. The van der Waals surface area contributed by atoms with Gasteiger partial charge in [0.25, 0.3) is 11.8 Å². The third-order valence-electron chi connectivity index (χ3n) is 10.1. The Balaban J connectivity index is 0.000000409. The molecule has 2 aliphatic heterocycles. The van der Waals surface area contributed by atoms with Crippen molar-refractivity contribution >= 4 is 108 Å². The Bertz CT molecular complexity index is 2790. The number of hydrogen-bond acceptors (Lipinski definition) is 17. The standard InChI is InChI=1S/C31H37N2O7PS2.C14H15N2O8PS2.CH4/c1-19(12-13-25-21(3)11-8-14-31(25,5)6)9-7-10-20(2)15-27(34)40-28-22(4)32-17-23(18-39-41(36,37)38)24(28)16-26-29(35)33-30(42)43-26;1-6-11(24-13(19)7(2)17)9(3-10-12(18)16-14(26)27-10)8(4-15-6)5-23-25(20,21)22;/h7,9-10,12-13,15-17H,8,11,14,18H2,1-6H3,(H,33,35,42)(H2,36,37,38);3-4,7,17H,5H2,1-2H3,(H,16,18,26)(H2,20,21,22);1H4/b10-7+,13-12+,19-9+,20-15+,26-16-;10-3-;. The maximum absolute atomic E-state index is 12.9. The summed E-state index contributed by atoms with van der Waals surface area (Å²) in [6.07, 6.45) is 18.7. The van der Waals surface area contributed by atoms with Gasteiger partial charge in [0.2, 0.25) is 0 Å². The zero-order chi connectivity index (χ0) is 52.3. The molecule has 7 N–H and O–H groups in total. The molecule has 2 aromatic rings. The first-order valence-corrected chi connectivity index (χ1v) is 26.4. The number of allylic oxidation sites excluding steroid dienone is 9. The number of rotatable bonds is 16. The summed E-state index contributed by atoms with van der Waals surface area (Å²) in [7, 11) is -9.59. The first kappa shape index (κ1) is 60.7. The van der Waals surface area contributed by atoms with Crippen molar-refractivity contribution < 1.29 is 71.5 Å². The molecule has 5 rings (SSSR count). The van der Waals surface area contributed by atoms with Gasteiger partial charge >= 0.3 is 27.6 Å². The number of thioether (sulfide) groups is 2. The zero-order valence-electron chi connectivity index (χ0n) is 39.1. The Morgan fingerprint density at radius 3 is 1.73 bits per heavy atom. The number of nitrogens with one attached hydrogen (secondary N) is 2. The van der Waals surface area contributed by atoms with Crippen molar-refractivity contribution in [2.75, 3.05) is 0 Å². The molecule has 0 radical (unpaired) electrons. The maximum Gasteiger partial charge on any atom is 0.469 e. The van der Waals surface area contributed by atoms with Crippen molar-refractivity contribution in [2.45, 2.75) is 101 Å². The van der Waals surface area contributed by atoms with E-state index in [1.807, 2.05) is 19.1 Å². The lowest BCUT2D eigenvalue weighted by atomic mass is 9.72. The summed E-state index contributed by atoms with van der Waals surface area (Å²) >= 11 is 11.9. The predicted molar refractivity (Wildman–Crippen MR) is 280 cm³/mol. The van der Waals surface area contributed by atoms with Crippen LogP contribution < -0.4 is 20.1 Å². The highest BCUT2D eigenvalue weighted by atomic mass is 32.2. The Morgan fingerprint density at radius 2 is 1.31 bits per heavy atom. The molecule has 4 heterocycles. The number of pyridine rings is 2. The van der Waals surface area contributed by atoms with Gasteiger partial charge in [-0.1, -0.05) is 111 Å². The number of thiocarbonyl (C=S) groups is 2. The number of ether oxygens (including phenoxy) is 2. The Hall–Kier alpha value is -4.58. The molecule has 3 aliphatic rings. The molecule has 2 fully saturated rings. The van der Waals surface area contributed by atoms with E-state index in [0.29, 0.717) is 11.3 Å². The van der Waals surface area contributed by atoms with Crippen LogP contribution in [0.2, 0.25) is 0 Å². The van der Waals surface area contributed by atoms with E-state index in [1.165, 1.54) is 68.5 Å². The van der Waals surface area contributed by atoms with Gasteiger partial charge in [-0.15, -0.1) is 0 Å². The lowest BCUT2D eigenvalue weighted by Gasteiger charge is -2.32. The lowest BCUT2D eigenvalue weighted by Crippen LogP contribution is -2.23. The van der Waals surface area contributed by atoms with Crippen LogP contribution in [0.15, 0.2) is 81.0 Å². The average Bonchev–Trinajstić information content (AvgIpc) is 3.74. The van der Waals surface area contributed by atoms with Crippen LogP contribution in [-0.4, -0.2) is 73.1 Å². The Kier molecular flexibility index (Phi) is 22.6. The number of nitrogens with zero attached hydrogens (tertiary/aromatic N) is 2. The highest BCUT2D eigenvalue weighted by molar-refractivity contribution is 8.27. The lowest BCUT2D eigenvalue weighted by molar-refractivity contribution is -0.142. The fraction of sp³-hybridized carbons (Fsp3) is 0.348. The quantitative estimate of drug-likeness (QED) is 0.0273. The number of aromatic nitrogens is 2. The third-order valence-corrected chi connectivity index (χ3v) is 13.4. The molecule has 1 aliphatic carbocycles. The van der Waals surface area contributed by atoms with Gasteiger partial charge in [-0.3, -0.25) is 28.6 Å². The number of aryl methyl sites for hydroxylation is 2. The minimum Gasteiger partial charge on any atom is -0.422 e. The van der Waals surface area contributed by atoms with Crippen LogP contribution in [0.5, 0.6) is 11.5 Å². The van der Waals surface area contributed by atoms with Crippen molar-refractivity contribution in [3.8, 4) is 11.5 Å². The predicted octanol–water partition coefficient (Wildman–Crippen LogP) is 8.34. The molecule has 19 nitrogen and oxygen atoms in total. The van der Waals surface area contributed by atoms with E-state index in [4.69, 9.17) is 43.7 Å². The fourth-order valence-electron chi connectivity index (χ4n) is 6.69. The summed E-state index contributed by atoms with van der Waals surface area (Å²) in [6, 6.07) is 0. The van der Waals surface area contributed by atoms with Gasteiger partial charge in [-0.2, -0.15) is 0 Å². The number of aliphatic hydroxyl groups is 1. The summed E-state index contributed by atoms with van der Waals surface area (Å²) in [5, 5.41) is 14.3. The summed E-state index contributed by atoms with van der Waals surface area (Å²) in [6.45, 7) is 13.8. The van der Waals surface area contributed by atoms with E-state index < -0.39 is 58.7 Å². The fourth-order valence-corrected chi connectivity index (χ4v) is 9.35. The molecule has 0 bridgehead atoms. The first-order chi connectivity index (χ1) is 32.5. The normalized spacial score (nSPS) is 18.2. The van der Waals surface area contributed by atoms with Crippen LogP contribution in [0.1, 0.15) is 102 Å². The van der Waals surface area contributed by atoms with E-state index in [-0.39, 0.29) is 70.7 Å². The summed E-state index contributed by atoms with van der Waals surface area (Å²) in [4.78, 5) is 93.8. The van der Waals surface area contributed by atoms with E-state index in [2.05, 4.69) is 62.6 Å². The third kappa shape index (κ3) is 19.1. The van der Waals surface area contributed by atoms with Gasteiger partial charge in [0, 0.05) is 40.7 Å². The van der Waals surface area contributed by atoms with Crippen LogP contribution in [0, 0.1) is 19.3 Å². The minimum absolute atomic E-state index is 0. The average molecular weight is 1100 g/mol. The molecule has 2 amide bonds. The summed E-state index contributed by atoms with van der Waals surface area (Å²) < 4.78 is 42.8. The van der Waals surface area contributed by atoms with Gasteiger partial charge in [-0.25, -0.2) is 18.7 Å². The van der Waals surface area contributed by atoms with E-state index in [1.54, 1.807) is 19.9 Å². The largest absolute Gasteiger partial charge is 0.469 e. The van der Waals surface area contributed by atoms with Crippen LogP contribution in [0.3, 0.4) is 0 Å². The monoisotopic (exact) mass is 1090 g/mol. The SMILES string of the molecule is C.CC1=C(/C=C/C(C)=C/C=C/C(C)=C/C(=O)Oc2c(C)ncc(COP(=O)(O)O)c2/C=C2\SC(=S)NC2=O)C(C)(C)CCC1.Cc1ncc(COP(=O)(O)O)c(/C=C2\SC(=S)NC2=O)c1OC(=O)C(C)O. The molecule has 2 saturated heterocycles. The van der Waals surface area contributed by atoms with Gasteiger partial charge in [0.15, 0.2) is 11.5 Å². The number of amides is 2. The number of phosphoric ester groups is 2. The Labute approximate surface area is 430 Å². The number of aliphatic hydroxyl groups excluding tert-OH is 1. The van der Waals surface area contributed by atoms with E-state index in [0.717, 1.165) is 35.5 Å². The number of carbonyl (C=O) groups excluding carboxylic acids is 4. The number of esters is 2. The van der Waals surface area contributed by atoms with Gasteiger partial charge in [0.05, 0.1) is 34.4 Å². The molecule has 384 valence electrons. The highest BCUT2D eigenvalue weighted by Crippen LogP contribution is 2.42. The van der Waals surface area contributed by atoms with Crippen LogP contribution in [0.4, 0.5) is 0 Å². The molecule has 71 heavy (non-hydrogen) atoms. The summed E-state index contributed by atoms with van der Waals surface area (Å²) in [5.74, 6) is -2.63. The molecule has 0 aromatic carbocycles. The maximum atomic E-state index is 12.9. The zero-order valence-corrected chi connectivity index (χ0v) is 44.2. The molecular formula is C46H56N4O15P2S4. The van der Waals surface area contributed by atoms with Crippen molar-refractivity contribution in [1.82, 2.24) is 20.6 Å². The van der Waals surface area contributed by atoms with Crippen molar-refractivity contribution in [3.05, 3.63) is 115 Å². The van der Waals surface area contributed by atoms with Crippen molar-refractivity contribution in [3.63, 3.8) is 0 Å². The second-order valence-electron chi connectivity index (χ2n) is 16.4.